The van der Waals surface area contributed by atoms with Crippen LogP contribution in [0.1, 0.15) is 39.5 Å². The standard InChI is InChI=1S/C27H31F4NO5S2/c1-4-36-25(33)27(10-11-27)16-37-21-14-23-20(13-22(21)38-3)32(19-7-5-6-18(28)12-19)15-17(8-9-26(2,30)31)24(29)39(23,34)35/h5-7,12-14,17,24H,4,8-11,15-16H2,1-3H3/t17-,24+/m1/s1. The van der Waals surface area contributed by atoms with Crippen LogP contribution in [0.4, 0.5) is 28.9 Å². The molecule has 1 aliphatic carbocycles. The fourth-order valence-electron chi connectivity index (χ4n) is 4.64. The third kappa shape index (κ3) is 6.32. The minimum atomic E-state index is -4.66. The van der Waals surface area contributed by atoms with Crippen molar-refractivity contribution in [3.63, 3.8) is 0 Å². The zero-order chi connectivity index (χ0) is 28.6. The highest BCUT2D eigenvalue weighted by atomic mass is 32.2. The van der Waals surface area contributed by atoms with E-state index < -0.39 is 57.2 Å². The lowest BCUT2D eigenvalue weighted by Gasteiger charge is -2.29. The van der Waals surface area contributed by atoms with Gasteiger partial charge in [-0.1, -0.05) is 6.07 Å². The van der Waals surface area contributed by atoms with Gasteiger partial charge in [0.05, 0.1) is 22.1 Å². The summed E-state index contributed by atoms with van der Waals surface area (Å²) < 4.78 is 95.5. The summed E-state index contributed by atoms with van der Waals surface area (Å²) in [6.07, 6.45) is 1.76. The maximum Gasteiger partial charge on any atom is 0.315 e. The lowest BCUT2D eigenvalue weighted by molar-refractivity contribution is -0.150. The lowest BCUT2D eigenvalue weighted by Crippen LogP contribution is -2.32. The minimum absolute atomic E-state index is 0.0426. The molecular formula is C27H31F4NO5S2. The van der Waals surface area contributed by atoms with E-state index in [9.17, 15) is 26.4 Å². The Morgan fingerprint density at radius 2 is 1.95 bits per heavy atom. The number of rotatable bonds is 10. The molecule has 0 radical (unpaired) electrons. The number of ether oxygens (including phenoxy) is 2. The average Bonchev–Trinajstić information content (AvgIpc) is 3.68. The van der Waals surface area contributed by atoms with Crippen molar-refractivity contribution >= 4 is 38.9 Å². The Bertz CT molecular complexity index is 1330. The highest BCUT2D eigenvalue weighted by Crippen LogP contribution is 2.49. The summed E-state index contributed by atoms with van der Waals surface area (Å²) in [6.45, 7) is 2.31. The van der Waals surface area contributed by atoms with Crippen LogP contribution in [0.15, 0.2) is 46.2 Å². The van der Waals surface area contributed by atoms with E-state index in [1.807, 2.05) is 0 Å². The van der Waals surface area contributed by atoms with Gasteiger partial charge in [0.25, 0.3) is 0 Å². The van der Waals surface area contributed by atoms with Crippen LogP contribution in [-0.4, -0.2) is 51.8 Å². The molecule has 2 aliphatic rings. The molecule has 1 fully saturated rings. The average molecular weight is 590 g/mol. The van der Waals surface area contributed by atoms with Crippen LogP contribution < -0.4 is 9.64 Å². The molecule has 0 saturated heterocycles. The van der Waals surface area contributed by atoms with Gasteiger partial charge in [-0.2, -0.15) is 0 Å². The van der Waals surface area contributed by atoms with Crippen molar-refractivity contribution in [3.05, 3.63) is 42.2 Å². The second-order valence-corrected chi connectivity index (χ2v) is 12.9. The van der Waals surface area contributed by atoms with Gasteiger partial charge in [-0.25, -0.2) is 26.0 Å². The largest absolute Gasteiger partial charge is 0.491 e. The highest BCUT2D eigenvalue weighted by molar-refractivity contribution is 7.98. The molecule has 0 amide bonds. The number of sulfone groups is 1. The van der Waals surface area contributed by atoms with E-state index in [1.54, 1.807) is 19.2 Å². The molecule has 0 bridgehead atoms. The number of fused-ring (bicyclic) bond motifs is 1. The summed E-state index contributed by atoms with van der Waals surface area (Å²) in [7, 11) is -4.66. The van der Waals surface area contributed by atoms with E-state index in [2.05, 4.69) is 0 Å². The molecule has 0 unspecified atom stereocenters. The molecule has 1 aliphatic heterocycles. The number of thioether (sulfide) groups is 1. The Balaban J connectivity index is 1.79. The van der Waals surface area contributed by atoms with E-state index >= 15 is 4.39 Å². The fraction of sp³-hybridized carbons (Fsp3) is 0.519. The summed E-state index contributed by atoms with van der Waals surface area (Å²) in [5.41, 5.74) is -2.94. The maximum absolute atomic E-state index is 15.8. The zero-order valence-corrected chi connectivity index (χ0v) is 23.5. The molecule has 12 heteroatoms. The number of nitrogens with zero attached hydrogens (tertiary/aromatic N) is 1. The van der Waals surface area contributed by atoms with Crippen LogP contribution in [0.5, 0.6) is 5.75 Å². The number of benzene rings is 2. The molecule has 2 aromatic carbocycles. The summed E-state index contributed by atoms with van der Waals surface area (Å²) >= 11 is 1.25. The van der Waals surface area contributed by atoms with Gasteiger partial charge in [0.1, 0.15) is 23.6 Å². The van der Waals surface area contributed by atoms with Crippen molar-refractivity contribution in [2.75, 3.05) is 30.9 Å². The Hall–Kier alpha value is -2.47. The number of hydrogen-bond donors (Lipinski definition) is 0. The number of alkyl halides is 3. The summed E-state index contributed by atoms with van der Waals surface area (Å²) in [6, 6.07) is 8.11. The number of esters is 1. The predicted molar refractivity (Wildman–Crippen MR) is 141 cm³/mol. The van der Waals surface area contributed by atoms with Crippen LogP contribution in [0.25, 0.3) is 0 Å². The maximum atomic E-state index is 15.8. The van der Waals surface area contributed by atoms with E-state index in [1.165, 1.54) is 47.0 Å². The number of halogens is 4. The molecule has 1 heterocycles. The Labute approximate surface area is 230 Å². The molecule has 214 valence electrons. The van der Waals surface area contributed by atoms with E-state index in [-0.39, 0.29) is 41.8 Å². The summed E-state index contributed by atoms with van der Waals surface area (Å²) in [4.78, 5) is 14.0. The first kappa shape index (κ1) is 29.5. The molecule has 2 atom stereocenters. The Kier molecular flexibility index (Phi) is 8.47. The van der Waals surface area contributed by atoms with E-state index in [0.29, 0.717) is 24.7 Å². The van der Waals surface area contributed by atoms with Crippen molar-refractivity contribution in [3.8, 4) is 5.75 Å². The van der Waals surface area contributed by atoms with Crippen LogP contribution in [0.3, 0.4) is 0 Å². The molecule has 6 nitrogen and oxygen atoms in total. The minimum Gasteiger partial charge on any atom is -0.491 e. The van der Waals surface area contributed by atoms with Crippen molar-refractivity contribution in [2.24, 2.45) is 11.3 Å². The first-order valence-corrected chi connectivity index (χ1v) is 15.4. The van der Waals surface area contributed by atoms with Gasteiger partial charge in [0.2, 0.25) is 21.3 Å². The van der Waals surface area contributed by atoms with E-state index in [4.69, 9.17) is 9.47 Å². The van der Waals surface area contributed by atoms with Crippen molar-refractivity contribution in [1.29, 1.82) is 0 Å². The molecule has 39 heavy (non-hydrogen) atoms. The predicted octanol–water partition coefficient (Wildman–Crippen LogP) is 6.54. The Morgan fingerprint density at radius 3 is 2.54 bits per heavy atom. The smallest absolute Gasteiger partial charge is 0.315 e. The molecule has 0 N–H and O–H groups in total. The molecular weight excluding hydrogens is 558 g/mol. The van der Waals surface area contributed by atoms with Gasteiger partial charge in [0, 0.05) is 30.6 Å². The Morgan fingerprint density at radius 1 is 1.23 bits per heavy atom. The first-order valence-electron chi connectivity index (χ1n) is 12.6. The molecule has 0 aromatic heterocycles. The zero-order valence-electron chi connectivity index (χ0n) is 21.9. The third-order valence-electron chi connectivity index (χ3n) is 7.07. The monoisotopic (exact) mass is 589 g/mol. The molecule has 1 saturated carbocycles. The lowest BCUT2D eigenvalue weighted by atomic mass is 10.0. The normalized spacial score (nSPS) is 21.6. The number of anilines is 2. The van der Waals surface area contributed by atoms with Gasteiger partial charge in [-0.05, 0) is 63.6 Å². The van der Waals surface area contributed by atoms with Crippen LogP contribution in [-0.2, 0) is 19.4 Å². The van der Waals surface area contributed by atoms with Crippen LogP contribution >= 0.6 is 11.8 Å². The summed E-state index contributed by atoms with van der Waals surface area (Å²) in [5, 5.41) is 0. The van der Waals surface area contributed by atoms with Gasteiger partial charge in [0.15, 0.2) is 0 Å². The number of carbonyl (C=O) groups is 1. The quantitative estimate of drug-likeness (QED) is 0.177. The number of carbonyl (C=O) groups excluding carboxylic acids is 1. The molecule has 0 spiro atoms. The van der Waals surface area contributed by atoms with Gasteiger partial charge >= 0.3 is 5.97 Å². The molecule has 2 aromatic rings. The first-order chi connectivity index (χ1) is 18.3. The second kappa shape index (κ2) is 11.2. The van der Waals surface area contributed by atoms with Gasteiger partial charge < -0.3 is 14.4 Å². The molecule has 4 rings (SSSR count). The van der Waals surface area contributed by atoms with Crippen LogP contribution in [0.2, 0.25) is 0 Å². The fourth-order valence-corrected chi connectivity index (χ4v) is 6.89. The van der Waals surface area contributed by atoms with Crippen molar-refractivity contribution in [1.82, 2.24) is 0 Å². The highest BCUT2D eigenvalue weighted by Gasteiger charge is 2.52. The third-order valence-corrected chi connectivity index (χ3v) is 9.74. The SMILES string of the molecule is CCOC(=O)C1(COc2cc3c(cc2SC)N(c2cccc(F)c2)C[C@@H](CCC(C)(F)F)[C@@H](F)S3(=O)=O)CC1. The summed E-state index contributed by atoms with van der Waals surface area (Å²) in [5.74, 6) is -5.26. The second-order valence-electron chi connectivity index (χ2n) is 10.1. The van der Waals surface area contributed by atoms with Crippen LogP contribution in [0, 0.1) is 17.2 Å². The van der Waals surface area contributed by atoms with Gasteiger partial charge in [-0.15, -0.1) is 11.8 Å². The topological polar surface area (TPSA) is 72.9 Å². The van der Waals surface area contributed by atoms with Crippen molar-refractivity contribution < 1.29 is 40.2 Å². The van der Waals surface area contributed by atoms with E-state index in [0.717, 1.165) is 0 Å². The van der Waals surface area contributed by atoms with Crippen molar-refractivity contribution in [2.45, 2.75) is 60.7 Å². The number of hydrogen-bond acceptors (Lipinski definition) is 7. The van der Waals surface area contributed by atoms with Gasteiger partial charge in [-0.3, -0.25) is 4.79 Å².